The molecule has 0 spiro atoms. The molecule has 0 bridgehead atoms. The number of methoxy groups -OCH3 is 2. The Morgan fingerprint density at radius 1 is 0.966 bits per heavy atom. The Hall–Kier alpha value is -5.09. The zero-order valence-electron chi connectivity index (χ0n) is 33.6. The zero-order chi connectivity index (χ0) is 42.0. The predicted molar refractivity (Wildman–Crippen MR) is 217 cm³/mol. The fourth-order valence-electron chi connectivity index (χ4n) is 6.65. The lowest BCUT2D eigenvalue weighted by Crippen LogP contribution is -2.38. The van der Waals surface area contributed by atoms with E-state index in [4.69, 9.17) is 23.5 Å². The minimum Gasteiger partial charge on any atom is -0.497 e. The van der Waals surface area contributed by atoms with Crippen molar-refractivity contribution in [1.82, 2.24) is 24.4 Å². The molecule has 17 heteroatoms. The number of amides is 1. The van der Waals surface area contributed by atoms with E-state index >= 15 is 4.39 Å². The molecule has 1 aliphatic heterocycles. The van der Waals surface area contributed by atoms with Gasteiger partial charge in [0.25, 0.3) is 5.56 Å². The average molecular weight is 822 g/mol. The van der Waals surface area contributed by atoms with Gasteiger partial charge >= 0.3 is 8.25 Å². The molecular formula is C41H51FN6O9P+. The van der Waals surface area contributed by atoms with Crippen molar-refractivity contribution in [3.63, 3.8) is 0 Å². The monoisotopic (exact) mass is 821 g/mol. The maximum atomic E-state index is 16.5. The molecule has 1 unspecified atom stereocenters. The van der Waals surface area contributed by atoms with Crippen molar-refractivity contribution in [3.05, 3.63) is 112 Å². The quantitative estimate of drug-likeness (QED) is 0.0742. The first kappa shape index (κ1) is 44.0. The molecule has 1 aliphatic rings. The fourth-order valence-corrected chi connectivity index (χ4v) is 7.08. The molecule has 5 aromatic rings. The number of carbonyl (C=O) groups is 1. The summed E-state index contributed by atoms with van der Waals surface area (Å²) in [6.45, 7) is 13.1. The van der Waals surface area contributed by atoms with Crippen LogP contribution in [0, 0.1) is 5.92 Å². The highest BCUT2D eigenvalue weighted by Gasteiger charge is 2.53. The largest absolute Gasteiger partial charge is 0.695 e. The number of anilines is 1. The van der Waals surface area contributed by atoms with Gasteiger partial charge in [-0.2, -0.15) is 4.98 Å². The number of rotatable bonds is 16. The van der Waals surface area contributed by atoms with Crippen LogP contribution in [0.25, 0.3) is 11.2 Å². The molecule has 6 rings (SSSR count). The van der Waals surface area contributed by atoms with Crippen molar-refractivity contribution in [3.8, 4) is 11.5 Å². The Kier molecular flexibility index (Phi) is 15.2. The maximum absolute atomic E-state index is 16.5. The number of benzene rings is 3. The lowest BCUT2D eigenvalue weighted by molar-refractivity contribution is -0.118. The third-order valence-electron chi connectivity index (χ3n) is 9.93. The summed E-state index contributed by atoms with van der Waals surface area (Å²) in [5, 5.41) is 2.53. The van der Waals surface area contributed by atoms with E-state index in [0.29, 0.717) is 22.6 Å². The number of imidazole rings is 1. The first-order valence-electron chi connectivity index (χ1n) is 19.0. The molecule has 2 aromatic heterocycles. The van der Waals surface area contributed by atoms with E-state index < -0.39 is 55.8 Å². The van der Waals surface area contributed by atoms with Crippen molar-refractivity contribution in [1.29, 1.82) is 0 Å². The first-order chi connectivity index (χ1) is 27.9. The summed E-state index contributed by atoms with van der Waals surface area (Å²) < 4.78 is 58.7. The van der Waals surface area contributed by atoms with Crippen molar-refractivity contribution >= 4 is 31.3 Å². The van der Waals surface area contributed by atoms with Crippen LogP contribution in [-0.4, -0.2) is 94.1 Å². The number of carbonyl (C=O) groups excluding carboxylic acids is 1. The van der Waals surface area contributed by atoms with E-state index in [-0.39, 0.29) is 23.7 Å². The molecule has 58 heavy (non-hydrogen) atoms. The lowest BCUT2D eigenvalue weighted by atomic mass is 9.80. The number of H-pyrrole nitrogens is 1. The van der Waals surface area contributed by atoms with E-state index in [9.17, 15) is 19.0 Å². The fraction of sp³-hybridized carbons (Fsp3) is 0.415. The summed E-state index contributed by atoms with van der Waals surface area (Å²) in [6, 6.07) is 23.9. The van der Waals surface area contributed by atoms with Crippen LogP contribution < -0.4 is 20.3 Å². The normalized spacial score (nSPS) is 18.2. The molecule has 1 fully saturated rings. The number of alkyl halides is 1. The molecule has 1 amide bonds. The van der Waals surface area contributed by atoms with Gasteiger partial charge in [0.2, 0.25) is 11.9 Å². The summed E-state index contributed by atoms with van der Waals surface area (Å²) in [5.74, 6) is 0.243. The zero-order valence-corrected chi connectivity index (χ0v) is 34.5. The van der Waals surface area contributed by atoms with Crippen LogP contribution >= 0.6 is 8.25 Å². The Bertz CT molecular complexity index is 2110. The molecule has 0 aliphatic carbocycles. The molecular weight excluding hydrogens is 770 g/mol. The first-order valence-corrected chi connectivity index (χ1v) is 20.1. The van der Waals surface area contributed by atoms with E-state index in [1.54, 1.807) is 52.3 Å². The van der Waals surface area contributed by atoms with E-state index in [1.807, 2.05) is 54.6 Å². The second kappa shape index (κ2) is 20.1. The van der Waals surface area contributed by atoms with Gasteiger partial charge in [-0.15, -0.1) is 9.42 Å². The Morgan fingerprint density at radius 3 is 2.00 bits per heavy atom. The van der Waals surface area contributed by atoms with Gasteiger partial charge in [0.1, 0.15) is 23.2 Å². The van der Waals surface area contributed by atoms with Crippen molar-refractivity contribution in [2.75, 3.05) is 45.8 Å². The van der Waals surface area contributed by atoms with Gasteiger partial charge in [-0.25, -0.2) is 9.37 Å². The number of hydrogen-bond acceptors (Lipinski definition) is 11. The van der Waals surface area contributed by atoms with Gasteiger partial charge in [-0.1, -0.05) is 89.2 Å². The number of hydrogen-bond donors (Lipinski definition) is 3. The molecule has 1 saturated heterocycles. The number of nitrogens with one attached hydrogen (secondary N) is 2. The van der Waals surface area contributed by atoms with Crippen LogP contribution in [-0.2, 0) is 29.0 Å². The van der Waals surface area contributed by atoms with Gasteiger partial charge in [0.15, 0.2) is 29.7 Å². The number of halogens is 1. The van der Waals surface area contributed by atoms with Crippen molar-refractivity contribution in [2.24, 2.45) is 5.92 Å². The van der Waals surface area contributed by atoms with Gasteiger partial charge in [0, 0.05) is 10.5 Å². The lowest BCUT2D eigenvalue weighted by Gasteiger charge is -2.37. The third kappa shape index (κ3) is 9.77. The molecule has 0 saturated carbocycles. The van der Waals surface area contributed by atoms with Crippen LogP contribution in [0.2, 0.25) is 0 Å². The molecule has 15 nitrogen and oxygen atoms in total. The van der Waals surface area contributed by atoms with Crippen LogP contribution in [0.1, 0.15) is 57.5 Å². The molecule has 3 N–H and O–H groups in total. The smallest absolute Gasteiger partial charge is 0.497 e. The van der Waals surface area contributed by atoms with Crippen molar-refractivity contribution in [2.45, 2.75) is 64.8 Å². The van der Waals surface area contributed by atoms with Crippen LogP contribution in [0.15, 0.2) is 90.0 Å². The molecule has 310 valence electrons. The number of aromatic nitrogens is 4. The third-order valence-corrected chi connectivity index (χ3v) is 10.4. The topological polar surface area (TPSA) is 179 Å². The average Bonchev–Trinajstić information content (AvgIpc) is 3.79. The molecule has 0 radical (unpaired) electrons. The minimum absolute atomic E-state index is 0.0755. The van der Waals surface area contributed by atoms with Gasteiger partial charge < -0.3 is 23.8 Å². The molecule has 3 heterocycles. The minimum atomic E-state index is -3.30. The summed E-state index contributed by atoms with van der Waals surface area (Å²) in [5.41, 5.74) is -0.105. The Labute approximate surface area is 337 Å². The van der Waals surface area contributed by atoms with E-state index in [0.717, 1.165) is 5.56 Å². The van der Waals surface area contributed by atoms with Crippen LogP contribution in [0.5, 0.6) is 11.5 Å². The Balaban J connectivity index is 0.000000839. The molecule has 3 aromatic carbocycles. The standard InChI is InChI=1S/C35H35FN5O9P.C6H15N/c1-20(2)31(42)39-34-38-30-28(32(43)40-34)37-19-41(30)33-29(50-51(44)45)27(36)26(49-33)18-48-35(21-8-6-5-7-9-21,22-10-14-24(46-3)15-11-22)23-12-16-25(47-4)17-13-23;1-4-7(5-2)6-3/h5-17,19-20,26-27,29,33H,18H2,1-4H3,(H2-,38,39,40,42,43,44,45);4-6H2,1-3H3/p+1/t26-,27-,29-,33-;/m1./s1. The summed E-state index contributed by atoms with van der Waals surface area (Å²) in [6.07, 6.45) is -5.23. The number of aromatic amines is 1. The second-order valence-corrected chi connectivity index (χ2v) is 14.3. The van der Waals surface area contributed by atoms with Crippen LogP contribution in [0.3, 0.4) is 0 Å². The van der Waals surface area contributed by atoms with E-state index in [1.165, 1.54) is 30.5 Å². The number of nitrogens with zero attached hydrogens (tertiary/aromatic N) is 4. The van der Waals surface area contributed by atoms with Gasteiger partial charge in [-0.05, 0) is 60.6 Å². The summed E-state index contributed by atoms with van der Waals surface area (Å²) >= 11 is 0. The van der Waals surface area contributed by atoms with Crippen LogP contribution in [0.4, 0.5) is 10.3 Å². The van der Waals surface area contributed by atoms with E-state index in [2.05, 4.69) is 45.9 Å². The number of ether oxygens (including phenoxy) is 4. The van der Waals surface area contributed by atoms with Gasteiger partial charge in [-0.3, -0.25) is 24.5 Å². The highest BCUT2D eigenvalue weighted by atomic mass is 31.1. The molecule has 5 atom stereocenters. The highest BCUT2D eigenvalue weighted by Crippen LogP contribution is 2.44. The maximum Gasteiger partial charge on any atom is 0.695 e. The van der Waals surface area contributed by atoms with Gasteiger partial charge in [0.05, 0.1) is 27.2 Å². The Morgan fingerprint density at radius 2 is 1.52 bits per heavy atom. The SMILES string of the molecule is CCN(CC)CC.COc1ccc(C(OC[C@H]2O[C@@H](n3cnc4c(=O)[nH]c(NC(=O)C(C)C)nc43)[C@H](O[P+](=O)O)[C@@H]2F)(c2ccccc2)c2ccc(OC)cc2)cc1. The van der Waals surface area contributed by atoms with Crippen molar-refractivity contribution < 1.29 is 42.1 Å². The predicted octanol–water partition coefficient (Wildman–Crippen LogP) is 6.36. The number of fused-ring (bicyclic) bond motifs is 1. The second-order valence-electron chi connectivity index (χ2n) is 13.6. The summed E-state index contributed by atoms with van der Waals surface area (Å²) in [4.78, 5) is 48.2. The highest BCUT2D eigenvalue weighted by molar-refractivity contribution is 7.32. The summed E-state index contributed by atoms with van der Waals surface area (Å²) in [7, 11) is -0.177.